The SMILES string of the molecule is CO.O=C(CCOCCOCCOCCOCCNC(=O)CCC(=O)N1Cc2ccccc2/C=C\c2ccccc21)NCCCCCCO.OP. The van der Waals surface area contributed by atoms with Crippen molar-refractivity contribution in [2.45, 2.75) is 51.5 Å². The zero-order valence-corrected chi connectivity index (χ0v) is 31.1. The summed E-state index contributed by atoms with van der Waals surface area (Å²) in [6, 6.07) is 15.8. The second-order valence-electron chi connectivity index (χ2n) is 11.1. The smallest absolute Gasteiger partial charge is 0.227 e. The molecule has 2 aromatic rings. The molecule has 3 amide bonds. The second-order valence-corrected chi connectivity index (χ2v) is 11.1. The number of benzene rings is 2. The largest absolute Gasteiger partial charge is 0.400 e. The molecule has 2 aromatic carbocycles. The summed E-state index contributed by atoms with van der Waals surface area (Å²) in [5.41, 5.74) is 3.94. The van der Waals surface area contributed by atoms with Gasteiger partial charge in [0.15, 0.2) is 0 Å². The quantitative estimate of drug-likeness (QED) is 0.0796. The first-order valence-electron chi connectivity index (χ1n) is 17.4. The van der Waals surface area contributed by atoms with E-state index in [9.17, 15) is 14.4 Å². The number of para-hydroxylation sites is 1. The number of fused-ring (bicyclic) bond motifs is 2. The van der Waals surface area contributed by atoms with Crippen LogP contribution in [-0.4, -0.2) is 112 Å². The first-order chi connectivity index (χ1) is 25.1. The fraction of sp³-hybridized carbons (Fsp3) is 0.541. The van der Waals surface area contributed by atoms with Crippen LogP contribution in [0.3, 0.4) is 0 Å². The van der Waals surface area contributed by atoms with E-state index in [0.717, 1.165) is 55.2 Å². The fourth-order valence-corrected chi connectivity index (χ4v) is 4.91. The molecule has 0 saturated carbocycles. The maximum atomic E-state index is 13.3. The maximum Gasteiger partial charge on any atom is 0.227 e. The molecule has 1 atom stereocenters. The number of rotatable bonds is 24. The normalized spacial score (nSPS) is 12.1. The highest BCUT2D eigenvalue weighted by atomic mass is 31.0. The van der Waals surface area contributed by atoms with Crippen LogP contribution in [0.25, 0.3) is 12.2 Å². The van der Waals surface area contributed by atoms with Gasteiger partial charge in [0.05, 0.1) is 65.1 Å². The molecule has 0 fully saturated rings. The van der Waals surface area contributed by atoms with E-state index in [1.807, 2.05) is 54.6 Å². The van der Waals surface area contributed by atoms with Crippen molar-refractivity contribution in [1.29, 1.82) is 0 Å². The predicted molar refractivity (Wildman–Crippen MR) is 202 cm³/mol. The number of carbonyl (C=O) groups excluding carboxylic acids is 3. The summed E-state index contributed by atoms with van der Waals surface area (Å²) in [7, 11) is 2.42. The van der Waals surface area contributed by atoms with Gasteiger partial charge in [0, 0.05) is 46.1 Å². The van der Waals surface area contributed by atoms with E-state index in [1.54, 1.807) is 4.90 Å². The average Bonchev–Trinajstić information content (AvgIpc) is 3.16. The molecule has 286 valence electrons. The van der Waals surface area contributed by atoms with Gasteiger partial charge in [0.1, 0.15) is 0 Å². The van der Waals surface area contributed by atoms with E-state index in [1.165, 1.54) is 9.47 Å². The molecule has 0 aliphatic carbocycles. The Morgan fingerprint density at radius 2 is 1.18 bits per heavy atom. The Hall–Kier alpha value is -3.26. The Kier molecular flexibility index (Phi) is 28.2. The van der Waals surface area contributed by atoms with Gasteiger partial charge >= 0.3 is 0 Å². The summed E-state index contributed by atoms with van der Waals surface area (Å²) in [5.74, 6) is -0.307. The Bertz CT molecular complexity index is 1250. The Balaban J connectivity index is 0.00000313. The summed E-state index contributed by atoms with van der Waals surface area (Å²) in [6.07, 6.45) is 8.35. The maximum absolute atomic E-state index is 13.3. The van der Waals surface area contributed by atoms with Crippen LogP contribution in [0.5, 0.6) is 0 Å². The third kappa shape index (κ3) is 21.0. The topological polar surface area (TPSA) is 176 Å². The molecule has 0 spiro atoms. The van der Waals surface area contributed by atoms with Crippen molar-refractivity contribution < 1.29 is 48.4 Å². The molecule has 1 aliphatic heterocycles. The number of hydrogen-bond donors (Lipinski definition) is 5. The van der Waals surface area contributed by atoms with Gasteiger partial charge in [-0.1, -0.05) is 67.5 Å². The highest BCUT2D eigenvalue weighted by molar-refractivity contribution is 7.08. The minimum absolute atomic E-state index is 0.0200. The lowest BCUT2D eigenvalue weighted by molar-refractivity contribution is -0.125. The highest BCUT2D eigenvalue weighted by Gasteiger charge is 2.21. The lowest BCUT2D eigenvalue weighted by Gasteiger charge is -2.27. The number of ether oxygens (including phenoxy) is 4. The van der Waals surface area contributed by atoms with Crippen LogP contribution in [0.1, 0.15) is 61.6 Å². The first kappa shape index (κ1) is 45.8. The average molecular weight is 736 g/mol. The van der Waals surface area contributed by atoms with Crippen molar-refractivity contribution in [3.05, 3.63) is 65.2 Å². The Labute approximate surface area is 305 Å². The first-order valence-corrected chi connectivity index (χ1v) is 17.9. The van der Waals surface area contributed by atoms with Crippen molar-refractivity contribution in [2.75, 3.05) is 84.6 Å². The molecule has 51 heavy (non-hydrogen) atoms. The van der Waals surface area contributed by atoms with Crippen LogP contribution in [0.2, 0.25) is 0 Å². The summed E-state index contributed by atoms with van der Waals surface area (Å²) < 4.78 is 21.9. The Morgan fingerprint density at radius 3 is 1.86 bits per heavy atom. The third-order valence-electron chi connectivity index (χ3n) is 7.49. The molecule has 1 heterocycles. The van der Waals surface area contributed by atoms with E-state index >= 15 is 0 Å². The highest BCUT2D eigenvalue weighted by Crippen LogP contribution is 2.29. The van der Waals surface area contributed by atoms with E-state index in [2.05, 4.69) is 16.7 Å². The standard InChI is InChI=1S/C36H51N3O8.CH4O.H3OP/c40-20-8-2-1-7-18-37-35(42)17-21-44-23-25-46-27-28-47-26-24-45-22-19-38-34(41)15-16-36(43)39-29-32-11-4-3-9-30(32)13-14-31-10-5-6-12-33(31)39;2*1-2/h3-6,9-14,40H,1-2,7-8,15-29H2,(H,37,42)(H,38,41);2H,1H3;1H,2H2/b14-13-;;. The minimum atomic E-state index is -0.190. The summed E-state index contributed by atoms with van der Waals surface area (Å²) in [5, 5.41) is 21.4. The molecule has 1 aliphatic rings. The molecule has 0 radical (unpaired) electrons. The van der Waals surface area contributed by atoms with Crippen LogP contribution in [-0.2, 0) is 39.9 Å². The third-order valence-corrected chi connectivity index (χ3v) is 7.49. The van der Waals surface area contributed by atoms with Crippen LogP contribution in [0.15, 0.2) is 48.5 Å². The van der Waals surface area contributed by atoms with Gasteiger partial charge < -0.3 is 49.6 Å². The lowest BCUT2D eigenvalue weighted by atomic mass is 10.0. The van der Waals surface area contributed by atoms with Gasteiger partial charge in [-0.3, -0.25) is 14.4 Å². The number of carbonyl (C=O) groups is 3. The monoisotopic (exact) mass is 735 g/mol. The van der Waals surface area contributed by atoms with Crippen LogP contribution in [0.4, 0.5) is 5.69 Å². The van der Waals surface area contributed by atoms with E-state index < -0.39 is 0 Å². The molecular formula is C37H58N3O10P. The Morgan fingerprint density at radius 1 is 0.647 bits per heavy atom. The van der Waals surface area contributed by atoms with Gasteiger partial charge in [-0.2, -0.15) is 0 Å². The number of nitrogens with zero attached hydrogens (tertiary/aromatic N) is 1. The summed E-state index contributed by atoms with van der Waals surface area (Å²) in [6.45, 7) is 4.89. The number of anilines is 1. The van der Waals surface area contributed by atoms with Crippen molar-refractivity contribution in [3.8, 4) is 0 Å². The van der Waals surface area contributed by atoms with Gasteiger partial charge in [0.2, 0.25) is 17.7 Å². The van der Waals surface area contributed by atoms with E-state index in [4.69, 9.17) is 34.1 Å². The summed E-state index contributed by atoms with van der Waals surface area (Å²) in [4.78, 5) is 46.1. The number of amides is 3. The number of hydrogen-bond acceptors (Lipinski definition) is 10. The van der Waals surface area contributed by atoms with Crippen molar-refractivity contribution in [2.24, 2.45) is 0 Å². The van der Waals surface area contributed by atoms with Gasteiger partial charge in [-0.05, 0) is 45.1 Å². The van der Waals surface area contributed by atoms with Crippen molar-refractivity contribution in [1.82, 2.24) is 10.6 Å². The number of aliphatic hydroxyl groups excluding tert-OH is 2. The zero-order chi connectivity index (χ0) is 37.4. The molecule has 3 rings (SSSR count). The van der Waals surface area contributed by atoms with Gasteiger partial charge in [-0.15, -0.1) is 0 Å². The number of unbranched alkanes of at least 4 members (excludes halogenated alkanes) is 3. The fourth-order valence-electron chi connectivity index (χ4n) is 4.91. The lowest BCUT2D eigenvalue weighted by Crippen LogP contribution is -2.33. The van der Waals surface area contributed by atoms with Gasteiger partial charge in [0.25, 0.3) is 0 Å². The molecular weight excluding hydrogens is 677 g/mol. The van der Waals surface area contributed by atoms with Gasteiger partial charge in [-0.25, -0.2) is 0 Å². The van der Waals surface area contributed by atoms with Crippen LogP contribution < -0.4 is 15.5 Å². The van der Waals surface area contributed by atoms with Crippen molar-refractivity contribution in [3.63, 3.8) is 0 Å². The minimum Gasteiger partial charge on any atom is -0.400 e. The number of nitrogens with one attached hydrogen (secondary N) is 2. The van der Waals surface area contributed by atoms with Crippen molar-refractivity contribution >= 4 is 45.0 Å². The number of aliphatic hydroxyl groups is 2. The second kappa shape index (κ2) is 31.5. The summed E-state index contributed by atoms with van der Waals surface area (Å²) >= 11 is 0. The van der Waals surface area contributed by atoms with Crippen LogP contribution >= 0.6 is 9.47 Å². The van der Waals surface area contributed by atoms with Crippen LogP contribution in [0, 0.1) is 0 Å². The molecule has 0 aromatic heterocycles. The molecule has 0 saturated heterocycles. The van der Waals surface area contributed by atoms with E-state index in [0.29, 0.717) is 78.9 Å². The predicted octanol–water partition coefficient (Wildman–Crippen LogP) is 3.10. The molecule has 13 nitrogen and oxygen atoms in total. The zero-order valence-electron chi connectivity index (χ0n) is 29.9. The molecule has 5 N–H and O–H groups in total. The molecule has 1 unspecified atom stereocenters. The van der Waals surface area contributed by atoms with E-state index in [-0.39, 0.29) is 37.2 Å². The molecule has 14 heteroatoms. The molecule has 0 bridgehead atoms.